The van der Waals surface area contributed by atoms with Crippen LogP contribution in [0.2, 0.25) is 0 Å². The number of imide groups is 1. The van der Waals surface area contributed by atoms with E-state index in [2.05, 4.69) is 5.32 Å². The van der Waals surface area contributed by atoms with Crippen molar-refractivity contribution in [3.8, 4) is 0 Å². The molecule has 1 N–H and O–H groups in total. The zero-order valence-corrected chi connectivity index (χ0v) is 13.6. The molecule has 6 rings (SSSR count). The Kier molecular flexibility index (Phi) is 2.77. The Labute approximate surface area is 140 Å². The number of carbonyl (C=O) groups excluding carboxylic acids is 3. The molecule has 124 valence electrons. The summed E-state index contributed by atoms with van der Waals surface area (Å²) in [5.74, 6) is 1.61. The first-order valence-corrected chi connectivity index (χ1v) is 8.81. The van der Waals surface area contributed by atoms with Crippen LogP contribution in [0.1, 0.15) is 29.6 Å². The molecular weight excluding hydrogens is 304 g/mol. The minimum Gasteiger partial charge on any atom is -0.355 e. The summed E-state index contributed by atoms with van der Waals surface area (Å²) in [4.78, 5) is 39.3. The van der Waals surface area contributed by atoms with Crippen molar-refractivity contribution >= 4 is 23.4 Å². The number of carbonyl (C=O) groups is 3. The summed E-state index contributed by atoms with van der Waals surface area (Å²) < 4.78 is 0. The number of fused-ring (bicyclic) bond motifs is 1. The Morgan fingerprint density at radius 1 is 1.04 bits per heavy atom. The highest BCUT2D eigenvalue weighted by Crippen LogP contribution is 2.68. The topological polar surface area (TPSA) is 66.5 Å². The molecule has 5 nitrogen and oxygen atoms in total. The predicted molar refractivity (Wildman–Crippen MR) is 87.1 cm³/mol. The number of hydrogen-bond donors (Lipinski definition) is 1. The summed E-state index contributed by atoms with van der Waals surface area (Å²) in [5.41, 5.74) is 1.00. The third-order valence-electron chi connectivity index (χ3n) is 6.74. The molecule has 1 saturated heterocycles. The molecule has 2 bridgehead atoms. The molecule has 6 unspecified atom stereocenters. The summed E-state index contributed by atoms with van der Waals surface area (Å²) >= 11 is 0. The monoisotopic (exact) mass is 324 g/mol. The number of benzene rings is 1. The molecule has 0 aromatic heterocycles. The zero-order chi connectivity index (χ0) is 16.6. The second-order valence-electron chi connectivity index (χ2n) is 7.66. The van der Waals surface area contributed by atoms with Crippen LogP contribution in [0.3, 0.4) is 0 Å². The maximum absolute atomic E-state index is 13.1. The second kappa shape index (κ2) is 4.68. The number of amides is 3. The maximum atomic E-state index is 13.1. The lowest BCUT2D eigenvalue weighted by molar-refractivity contribution is -0.129. The van der Waals surface area contributed by atoms with Crippen molar-refractivity contribution in [2.45, 2.75) is 19.3 Å². The first kappa shape index (κ1) is 14.2. The van der Waals surface area contributed by atoms with E-state index in [9.17, 15) is 14.4 Å². The molecule has 24 heavy (non-hydrogen) atoms. The van der Waals surface area contributed by atoms with Crippen LogP contribution >= 0.6 is 0 Å². The Morgan fingerprint density at radius 2 is 1.67 bits per heavy atom. The third kappa shape index (κ3) is 1.67. The number of anilines is 1. The van der Waals surface area contributed by atoms with Crippen molar-refractivity contribution in [3.05, 3.63) is 29.8 Å². The van der Waals surface area contributed by atoms with Crippen LogP contribution in [0, 0.1) is 35.5 Å². The Morgan fingerprint density at radius 3 is 2.25 bits per heavy atom. The fourth-order valence-corrected chi connectivity index (χ4v) is 5.72. The van der Waals surface area contributed by atoms with Crippen molar-refractivity contribution in [2.24, 2.45) is 35.5 Å². The molecule has 5 fully saturated rings. The van der Waals surface area contributed by atoms with E-state index in [1.807, 2.05) is 0 Å². The molecule has 4 saturated carbocycles. The minimum absolute atomic E-state index is 0.0425. The minimum atomic E-state index is -0.213. The highest BCUT2D eigenvalue weighted by Gasteiger charge is 2.68. The average Bonchev–Trinajstić information content (AvgIpc) is 3.38. The van der Waals surface area contributed by atoms with Crippen LogP contribution in [0.4, 0.5) is 5.69 Å². The van der Waals surface area contributed by atoms with Crippen LogP contribution in [0.25, 0.3) is 0 Å². The lowest BCUT2D eigenvalue weighted by Gasteiger charge is -2.42. The van der Waals surface area contributed by atoms with Crippen molar-refractivity contribution in [1.29, 1.82) is 0 Å². The normalized spacial score (nSPS) is 38.8. The maximum Gasteiger partial charge on any atom is 0.251 e. The van der Waals surface area contributed by atoms with Crippen molar-refractivity contribution in [2.75, 3.05) is 11.9 Å². The van der Waals surface area contributed by atoms with Gasteiger partial charge in [0.15, 0.2) is 0 Å². The Hall–Kier alpha value is -2.17. The number of hydrogen-bond acceptors (Lipinski definition) is 3. The average molecular weight is 324 g/mol. The van der Waals surface area contributed by atoms with Gasteiger partial charge in [-0.3, -0.25) is 19.3 Å². The lowest BCUT2D eigenvalue weighted by atomic mass is 9.59. The smallest absolute Gasteiger partial charge is 0.251 e. The van der Waals surface area contributed by atoms with Crippen molar-refractivity contribution in [3.63, 3.8) is 0 Å². The molecule has 6 atom stereocenters. The van der Waals surface area contributed by atoms with Crippen molar-refractivity contribution < 1.29 is 14.4 Å². The standard InChI is InChI=1S/C19H20N2O3/c1-20-17(22)9-3-2-4-10(7-9)21-18(23)15-11-5-6-12(14-8-13(11)14)16(15)19(21)24/h2-4,7,11-16H,5-6,8H2,1H3,(H,20,22). The van der Waals surface area contributed by atoms with Crippen LogP contribution in [-0.4, -0.2) is 24.8 Å². The highest BCUT2D eigenvalue weighted by molar-refractivity contribution is 6.22. The van der Waals surface area contributed by atoms with E-state index in [1.165, 1.54) is 11.3 Å². The molecular formula is C19H20N2O3. The molecule has 0 spiro atoms. The molecule has 1 heterocycles. The van der Waals surface area contributed by atoms with E-state index in [1.54, 1.807) is 31.3 Å². The quantitative estimate of drug-likeness (QED) is 0.844. The number of nitrogens with one attached hydrogen (secondary N) is 1. The van der Waals surface area contributed by atoms with Crippen molar-refractivity contribution in [1.82, 2.24) is 5.32 Å². The number of rotatable bonds is 2. The van der Waals surface area contributed by atoms with E-state index in [4.69, 9.17) is 0 Å². The summed E-state index contributed by atoms with van der Waals surface area (Å²) in [6, 6.07) is 6.82. The summed E-state index contributed by atoms with van der Waals surface area (Å²) in [5, 5.41) is 2.58. The molecule has 5 heteroatoms. The fraction of sp³-hybridized carbons (Fsp3) is 0.526. The zero-order valence-electron chi connectivity index (χ0n) is 13.6. The van der Waals surface area contributed by atoms with E-state index < -0.39 is 0 Å². The largest absolute Gasteiger partial charge is 0.355 e. The molecule has 1 aliphatic heterocycles. The van der Waals surface area contributed by atoms with Gasteiger partial charge in [-0.1, -0.05) is 6.07 Å². The first-order valence-electron chi connectivity index (χ1n) is 8.81. The third-order valence-corrected chi connectivity index (χ3v) is 6.74. The number of nitrogens with zero attached hydrogens (tertiary/aromatic N) is 1. The molecule has 3 amide bonds. The molecule has 1 aromatic rings. The van der Waals surface area contributed by atoms with Gasteiger partial charge in [0, 0.05) is 12.6 Å². The van der Waals surface area contributed by atoms with Crippen LogP contribution in [-0.2, 0) is 9.59 Å². The Bertz CT molecular complexity index is 740. The van der Waals surface area contributed by atoms with Crippen LogP contribution in [0.5, 0.6) is 0 Å². The lowest BCUT2D eigenvalue weighted by Crippen LogP contribution is -2.43. The van der Waals surface area contributed by atoms with Gasteiger partial charge in [0.25, 0.3) is 5.91 Å². The van der Waals surface area contributed by atoms with Gasteiger partial charge in [-0.25, -0.2) is 0 Å². The van der Waals surface area contributed by atoms with Crippen LogP contribution < -0.4 is 10.2 Å². The molecule has 4 aliphatic carbocycles. The molecule has 5 aliphatic rings. The second-order valence-corrected chi connectivity index (χ2v) is 7.66. The van der Waals surface area contributed by atoms with E-state index >= 15 is 0 Å². The van der Waals surface area contributed by atoms with Gasteiger partial charge in [0.2, 0.25) is 11.8 Å². The van der Waals surface area contributed by atoms with E-state index in [0.717, 1.165) is 12.8 Å². The van der Waals surface area contributed by atoms with Gasteiger partial charge >= 0.3 is 0 Å². The Balaban J connectivity index is 1.53. The van der Waals surface area contributed by atoms with Crippen LogP contribution in [0.15, 0.2) is 24.3 Å². The van der Waals surface area contributed by atoms with Gasteiger partial charge in [-0.15, -0.1) is 0 Å². The van der Waals surface area contributed by atoms with E-state index in [-0.39, 0.29) is 29.6 Å². The highest BCUT2D eigenvalue weighted by atomic mass is 16.2. The van der Waals surface area contributed by atoms with Gasteiger partial charge < -0.3 is 5.32 Å². The van der Waals surface area contributed by atoms with Gasteiger partial charge in [-0.05, 0) is 61.1 Å². The summed E-state index contributed by atoms with van der Waals surface area (Å²) in [6.45, 7) is 0. The SMILES string of the molecule is CNC(=O)c1cccc(N2C(=O)C3C4CCC(C5CC54)C3C2=O)c1. The summed E-state index contributed by atoms with van der Waals surface area (Å²) in [7, 11) is 1.57. The molecule has 0 radical (unpaired) electrons. The summed E-state index contributed by atoms with van der Waals surface area (Å²) in [6.07, 6.45) is 3.41. The first-order chi connectivity index (χ1) is 11.6. The fourth-order valence-electron chi connectivity index (χ4n) is 5.72. The van der Waals surface area contributed by atoms with Gasteiger partial charge in [0.05, 0.1) is 17.5 Å². The van der Waals surface area contributed by atoms with E-state index in [0.29, 0.717) is 34.9 Å². The predicted octanol–water partition coefficient (Wildman–Crippen LogP) is 1.83. The molecule has 1 aromatic carbocycles. The van der Waals surface area contributed by atoms with Gasteiger partial charge in [0.1, 0.15) is 0 Å². The van der Waals surface area contributed by atoms with Gasteiger partial charge in [-0.2, -0.15) is 0 Å².